The van der Waals surface area contributed by atoms with Gasteiger partial charge in [0.05, 0.1) is 6.61 Å². The number of hydrogen-bond acceptors (Lipinski definition) is 6. The lowest BCUT2D eigenvalue weighted by Crippen LogP contribution is -2.33. The van der Waals surface area contributed by atoms with Gasteiger partial charge in [-0.2, -0.15) is 0 Å². The van der Waals surface area contributed by atoms with Gasteiger partial charge in [0.1, 0.15) is 18.4 Å². The summed E-state index contributed by atoms with van der Waals surface area (Å²) in [6.07, 6.45) is -0.534. The number of ether oxygens (including phenoxy) is 1. The molecule has 3 atom stereocenters. The van der Waals surface area contributed by atoms with Crippen LogP contribution in [-0.2, 0) is 9.62 Å². The second-order valence-electron chi connectivity index (χ2n) is 4.17. The Kier molecular flexibility index (Phi) is 3.62. The molecule has 0 amide bonds. The Bertz CT molecular complexity index is 524. The first-order chi connectivity index (χ1) is 8.56. The Morgan fingerprint density at radius 3 is 2.89 bits per heavy atom. The van der Waals surface area contributed by atoms with Gasteiger partial charge in [-0.25, -0.2) is 9.68 Å². The topological polar surface area (TPSA) is 114 Å². The fraction of sp³-hybridized carbons (Fsp3) is 0.600. The molecule has 18 heavy (non-hydrogen) atoms. The first-order valence-corrected chi connectivity index (χ1v) is 5.45. The van der Waals surface area contributed by atoms with Crippen LogP contribution in [0.3, 0.4) is 0 Å². The molecule has 0 radical (unpaired) electrons. The molecule has 1 aromatic rings. The number of aryl methyl sites for hydroxylation is 1. The zero-order valence-electron chi connectivity index (χ0n) is 9.70. The number of hydrogen-bond donors (Lipinski definition) is 3. The van der Waals surface area contributed by atoms with Gasteiger partial charge in [0.15, 0.2) is 0 Å². The Morgan fingerprint density at radius 2 is 2.33 bits per heavy atom. The van der Waals surface area contributed by atoms with Crippen LogP contribution in [0.25, 0.3) is 0 Å². The lowest BCUT2D eigenvalue weighted by atomic mass is 10.2. The van der Waals surface area contributed by atoms with Crippen molar-refractivity contribution < 1.29 is 20.0 Å². The number of H-pyrrole nitrogens is 1. The van der Waals surface area contributed by atoms with Crippen LogP contribution in [0.5, 0.6) is 0 Å². The Balaban J connectivity index is 2.31. The van der Waals surface area contributed by atoms with Crippen LogP contribution < -0.4 is 11.2 Å². The number of aliphatic hydroxyl groups excluding tert-OH is 1. The van der Waals surface area contributed by atoms with Crippen LogP contribution in [0.4, 0.5) is 0 Å². The highest BCUT2D eigenvalue weighted by atomic mass is 17.1. The predicted octanol–water partition coefficient (Wildman–Crippen LogP) is -1.02. The maximum atomic E-state index is 11.6. The van der Waals surface area contributed by atoms with Crippen molar-refractivity contribution in [2.45, 2.75) is 31.8 Å². The number of aromatic nitrogens is 2. The molecule has 0 bridgehead atoms. The third-order valence-electron chi connectivity index (χ3n) is 2.95. The largest absolute Gasteiger partial charge is 0.394 e. The second-order valence-corrected chi connectivity index (χ2v) is 4.17. The number of aromatic amines is 1. The molecular weight excluding hydrogens is 244 g/mol. The molecule has 100 valence electrons. The molecular formula is C10H14N2O6. The SMILES string of the molecule is Cc1cn(C2CC(OO)C(CO)O2)c(=O)[nH]c1=O. The van der Waals surface area contributed by atoms with Crippen LogP contribution in [0.1, 0.15) is 18.2 Å². The van der Waals surface area contributed by atoms with E-state index in [4.69, 9.17) is 15.1 Å². The van der Waals surface area contributed by atoms with E-state index in [0.717, 1.165) is 0 Å². The summed E-state index contributed by atoms with van der Waals surface area (Å²) in [6.45, 7) is 1.23. The lowest BCUT2D eigenvalue weighted by Gasteiger charge is -2.14. The predicted molar refractivity (Wildman–Crippen MR) is 59.2 cm³/mol. The molecule has 0 spiro atoms. The van der Waals surface area contributed by atoms with Crippen molar-refractivity contribution in [3.63, 3.8) is 0 Å². The maximum absolute atomic E-state index is 11.6. The van der Waals surface area contributed by atoms with Gasteiger partial charge in [0.2, 0.25) is 0 Å². The van der Waals surface area contributed by atoms with Gasteiger partial charge in [-0.1, -0.05) is 0 Å². The molecule has 1 saturated heterocycles. The molecule has 8 heteroatoms. The van der Waals surface area contributed by atoms with Gasteiger partial charge in [-0.15, -0.1) is 0 Å². The molecule has 1 aliphatic rings. The summed E-state index contributed by atoms with van der Waals surface area (Å²) < 4.78 is 6.59. The van der Waals surface area contributed by atoms with Gasteiger partial charge in [0.25, 0.3) is 5.56 Å². The van der Waals surface area contributed by atoms with Crippen molar-refractivity contribution in [2.24, 2.45) is 0 Å². The molecule has 0 saturated carbocycles. The summed E-state index contributed by atoms with van der Waals surface area (Å²) >= 11 is 0. The van der Waals surface area contributed by atoms with Gasteiger partial charge < -0.3 is 9.84 Å². The number of rotatable bonds is 3. The van der Waals surface area contributed by atoms with Crippen LogP contribution in [0.2, 0.25) is 0 Å². The minimum Gasteiger partial charge on any atom is -0.394 e. The zero-order valence-corrected chi connectivity index (χ0v) is 9.70. The van der Waals surface area contributed by atoms with Crippen LogP contribution >= 0.6 is 0 Å². The van der Waals surface area contributed by atoms with Crippen molar-refractivity contribution in [1.29, 1.82) is 0 Å². The zero-order chi connectivity index (χ0) is 13.3. The van der Waals surface area contributed by atoms with Crippen molar-refractivity contribution in [3.05, 3.63) is 32.6 Å². The maximum Gasteiger partial charge on any atom is 0.330 e. The van der Waals surface area contributed by atoms with Crippen molar-refractivity contribution in [3.8, 4) is 0 Å². The number of aliphatic hydroxyl groups is 1. The minimum absolute atomic E-state index is 0.202. The molecule has 1 aliphatic heterocycles. The molecule has 0 aromatic carbocycles. The summed E-state index contributed by atoms with van der Waals surface area (Å²) in [7, 11) is 0. The summed E-state index contributed by atoms with van der Waals surface area (Å²) in [5.74, 6) is 0. The molecule has 3 N–H and O–H groups in total. The number of nitrogens with one attached hydrogen (secondary N) is 1. The van der Waals surface area contributed by atoms with Gasteiger partial charge in [0, 0.05) is 18.2 Å². The van der Waals surface area contributed by atoms with Crippen molar-refractivity contribution >= 4 is 0 Å². The third-order valence-corrected chi connectivity index (χ3v) is 2.95. The van der Waals surface area contributed by atoms with E-state index in [2.05, 4.69) is 9.87 Å². The summed E-state index contributed by atoms with van der Waals surface area (Å²) in [5.41, 5.74) is -0.694. The summed E-state index contributed by atoms with van der Waals surface area (Å²) in [6, 6.07) is 0. The molecule has 3 unspecified atom stereocenters. The average Bonchev–Trinajstić information content (AvgIpc) is 2.76. The van der Waals surface area contributed by atoms with E-state index in [-0.39, 0.29) is 13.0 Å². The fourth-order valence-electron chi connectivity index (χ4n) is 1.95. The first kappa shape index (κ1) is 13.0. The second kappa shape index (κ2) is 5.02. The van der Waals surface area contributed by atoms with E-state index in [1.54, 1.807) is 6.92 Å². The van der Waals surface area contributed by atoms with E-state index in [1.165, 1.54) is 10.8 Å². The summed E-state index contributed by atoms with van der Waals surface area (Å²) in [4.78, 5) is 29.2. The summed E-state index contributed by atoms with van der Waals surface area (Å²) in [5, 5.41) is 17.7. The fourth-order valence-corrected chi connectivity index (χ4v) is 1.95. The van der Waals surface area contributed by atoms with Crippen molar-refractivity contribution in [2.75, 3.05) is 6.61 Å². The molecule has 1 aromatic heterocycles. The monoisotopic (exact) mass is 258 g/mol. The highest BCUT2D eigenvalue weighted by Crippen LogP contribution is 2.28. The Hall–Kier alpha value is -1.48. The van der Waals surface area contributed by atoms with E-state index < -0.39 is 29.7 Å². The van der Waals surface area contributed by atoms with E-state index in [9.17, 15) is 9.59 Å². The van der Waals surface area contributed by atoms with E-state index in [1.807, 2.05) is 0 Å². The minimum atomic E-state index is -0.709. The Morgan fingerprint density at radius 1 is 1.61 bits per heavy atom. The van der Waals surface area contributed by atoms with Gasteiger partial charge in [-0.3, -0.25) is 19.6 Å². The van der Waals surface area contributed by atoms with Gasteiger partial charge in [-0.05, 0) is 6.92 Å². The highest BCUT2D eigenvalue weighted by molar-refractivity contribution is 5.02. The first-order valence-electron chi connectivity index (χ1n) is 5.45. The molecule has 8 nitrogen and oxygen atoms in total. The van der Waals surface area contributed by atoms with E-state index >= 15 is 0 Å². The highest BCUT2D eigenvalue weighted by Gasteiger charge is 2.37. The average molecular weight is 258 g/mol. The quantitative estimate of drug-likeness (QED) is 0.472. The molecule has 0 aliphatic carbocycles. The van der Waals surface area contributed by atoms with E-state index in [0.29, 0.717) is 5.56 Å². The molecule has 2 rings (SSSR count). The Labute approximate surface area is 101 Å². The third kappa shape index (κ3) is 2.23. The van der Waals surface area contributed by atoms with Crippen molar-refractivity contribution in [1.82, 2.24) is 9.55 Å². The lowest BCUT2D eigenvalue weighted by molar-refractivity contribution is -0.288. The van der Waals surface area contributed by atoms with Crippen LogP contribution in [0, 0.1) is 6.92 Å². The normalized spacial score (nSPS) is 27.6. The standard InChI is InChI=1S/C10H14N2O6/c1-5-3-12(10(15)11-9(5)14)8-2-6(18-16)7(4-13)17-8/h3,6-8,13,16H,2,4H2,1H3,(H,11,14,15). The smallest absolute Gasteiger partial charge is 0.330 e. The van der Waals surface area contributed by atoms with Crippen LogP contribution in [-0.4, -0.2) is 38.7 Å². The molecule has 2 heterocycles. The molecule has 1 fully saturated rings. The van der Waals surface area contributed by atoms with Gasteiger partial charge >= 0.3 is 5.69 Å². The van der Waals surface area contributed by atoms with Crippen LogP contribution in [0.15, 0.2) is 15.8 Å². The number of nitrogens with zero attached hydrogens (tertiary/aromatic N) is 1.